The van der Waals surface area contributed by atoms with E-state index in [9.17, 15) is 0 Å². The number of nitrogens with zero attached hydrogens (tertiary/aromatic N) is 3. The Morgan fingerprint density at radius 2 is 2.29 bits per heavy atom. The molecule has 0 unspecified atom stereocenters. The van der Waals surface area contributed by atoms with Crippen LogP contribution in [0.2, 0.25) is 0 Å². The van der Waals surface area contributed by atoms with E-state index < -0.39 is 0 Å². The molecule has 0 spiro atoms. The van der Waals surface area contributed by atoms with Gasteiger partial charge in [0.2, 0.25) is 0 Å². The Morgan fingerprint density at radius 3 is 3.00 bits per heavy atom. The maximum atomic E-state index is 5.55. The molecular weight excluding hydrogens is 178 g/mol. The van der Waals surface area contributed by atoms with Crippen LogP contribution in [-0.4, -0.2) is 39.3 Å². The minimum absolute atomic E-state index is 0.738. The van der Waals surface area contributed by atoms with Crippen molar-refractivity contribution in [3.05, 3.63) is 12.3 Å². The second kappa shape index (κ2) is 3.36. The lowest BCUT2D eigenvalue weighted by atomic mass is 10.3. The van der Waals surface area contributed by atoms with E-state index in [2.05, 4.69) is 9.88 Å². The number of ether oxygens (including phenoxy) is 1. The molecule has 0 amide bonds. The first-order chi connectivity index (χ1) is 6.68. The molecule has 4 heteroatoms. The van der Waals surface area contributed by atoms with Crippen LogP contribution in [0.1, 0.15) is 0 Å². The number of hydrogen-bond donors (Lipinski definition) is 0. The van der Waals surface area contributed by atoms with Gasteiger partial charge in [-0.05, 0) is 0 Å². The third-order valence-electron chi connectivity index (χ3n) is 2.38. The molecule has 1 aromatic rings. The fourth-order valence-electron chi connectivity index (χ4n) is 1.46. The van der Waals surface area contributed by atoms with Crippen molar-refractivity contribution in [2.24, 2.45) is 0 Å². The molecule has 0 saturated carbocycles. The van der Waals surface area contributed by atoms with Gasteiger partial charge in [-0.15, -0.1) is 0 Å². The third-order valence-corrected chi connectivity index (χ3v) is 2.38. The standard InChI is InChI=1S/C10H15N3O/c1-12(2)8-6-9-10(11-7-8)13(3)4-5-14-9/h6-7H,4-5H2,1-3H3. The van der Waals surface area contributed by atoms with Gasteiger partial charge in [0.1, 0.15) is 6.61 Å². The van der Waals surface area contributed by atoms with Gasteiger partial charge in [-0.1, -0.05) is 0 Å². The maximum absolute atomic E-state index is 5.55. The van der Waals surface area contributed by atoms with Crippen molar-refractivity contribution in [2.45, 2.75) is 0 Å². The van der Waals surface area contributed by atoms with Crippen LogP contribution in [-0.2, 0) is 0 Å². The van der Waals surface area contributed by atoms with Crippen LogP contribution in [0.5, 0.6) is 5.75 Å². The zero-order valence-electron chi connectivity index (χ0n) is 8.82. The summed E-state index contributed by atoms with van der Waals surface area (Å²) in [5.41, 5.74) is 1.07. The summed E-state index contributed by atoms with van der Waals surface area (Å²) >= 11 is 0. The lowest BCUT2D eigenvalue weighted by Crippen LogP contribution is -2.29. The van der Waals surface area contributed by atoms with Crippen molar-refractivity contribution in [3.63, 3.8) is 0 Å². The van der Waals surface area contributed by atoms with Gasteiger partial charge in [-0.2, -0.15) is 0 Å². The fraction of sp³-hybridized carbons (Fsp3) is 0.500. The Morgan fingerprint density at radius 1 is 1.50 bits per heavy atom. The molecule has 0 bridgehead atoms. The van der Waals surface area contributed by atoms with Gasteiger partial charge in [-0.25, -0.2) is 4.98 Å². The van der Waals surface area contributed by atoms with Crippen LogP contribution in [0.25, 0.3) is 0 Å². The van der Waals surface area contributed by atoms with E-state index in [0.29, 0.717) is 0 Å². The first kappa shape index (κ1) is 9.12. The van der Waals surface area contributed by atoms with Crippen LogP contribution in [0.4, 0.5) is 11.5 Å². The average molecular weight is 193 g/mol. The van der Waals surface area contributed by atoms with E-state index in [0.717, 1.165) is 30.4 Å². The summed E-state index contributed by atoms with van der Waals surface area (Å²) in [6, 6.07) is 2.03. The topological polar surface area (TPSA) is 28.6 Å². The lowest BCUT2D eigenvalue weighted by Gasteiger charge is -2.27. The van der Waals surface area contributed by atoms with Gasteiger partial charge in [0.05, 0.1) is 18.4 Å². The molecule has 4 nitrogen and oxygen atoms in total. The van der Waals surface area contributed by atoms with Crippen molar-refractivity contribution in [1.29, 1.82) is 0 Å². The smallest absolute Gasteiger partial charge is 0.171 e. The van der Waals surface area contributed by atoms with Crippen molar-refractivity contribution < 1.29 is 4.74 Å². The van der Waals surface area contributed by atoms with E-state index in [1.165, 1.54) is 0 Å². The van der Waals surface area contributed by atoms with Crippen molar-refractivity contribution in [1.82, 2.24) is 4.98 Å². The summed E-state index contributed by atoms with van der Waals surface area (Å²) in [7, 11) is 6.02. The molecule has 2 heterocycles. The highest BCUT2D eigenvalue weighted by molar-refractivity contribution is 5.60. The third kappa shape index (κ3) is 1.47. The van der Waals surface area contributed by atoms with Crippen molar-refractivity contribution in [2.75, 3.05) is 44.1 Å². The van der Waals surface area contributed by atoms with Gasteiger partial charge in [0, 0.05) is 27.2 Å². The molecule has 14 heavy (non-hydrogen) atoms. The molecule has 0 aromatic carbocycles. The molecule has 0 atom stereocenters. The second-order valence-electron chi connectivity index (χ2n) is 3.68. The highest BCUT2D eigenvalue weighted by atomic mass is 16.5. The highest BCUT2D eigenvalue weighted by Gasteiger charge is 2.16. The molecule has 0 N–H and O–H groups in total. The van der Waals surface area contributed by atoms with Crippen LogP contribution < -0.4 is 14.5 Å². The zero-order valence-corrected chi connectivity index (χ0v) is 8.82. The molecule has 0 aliphatic carbocycles. The van der Waals surface area contributed by atoms with Crippen molar-refractivity contribution in [3.8, 4) is 5.75 Å². The first-order valence-corrected chi connectivity index (χ1v) is 4.70. The molecule has 2 rings (SSSR count). The van der Waals surface area contributed by atoms with E-state index in [1.807, 2.05) is 38.3 Å². The normalized spacial score (nSPS) is 14.6. The minimum Gasteiger partial charge on any atom is -0.488 e. The Balaban J connectivity index is 2.39. The van der Waals surface area contributed by atoms with Gasteiger partial charge < -0.3 is 14.5 Å². The zero-order chi connectivity index (χ0) is 10.1. The molecular formula is C10H15N3O. The monoisotopic (exact) mass is 193 g/mol. The molecule has 1 aliphatic rings. The van der Waals surface area contributed by atoms with Gasteiger partial charge >= 0.3 is 0 Å². The molecule has 1 aromatic heterocycles. The molecule has 76 valence electrons. The van der Waals surface area contributed by atoms with Gasteiger partial charge in [0.15, 0.2) is 11.6 Å². The van der Waals surface area contributed by atoms with E-state index in [1.54, 1.807) is 0 Å². The number of anilines is 2. The van der Waals surface area contributed by atoms with E-state index in [4.69, 9.17) is 4.74 Å². The molecule has 1 aliphatic heterocycles. The lowest BCUT2D eigenvalue weighted by molar-refractivity contribution is 0.309. The number of hydrogen-bond acceptors (Lipinski definition) is 4. The number of likely N-dealkylation sites (N-methyl/N-ethyl adjacent to an activating group) is 1. The average Bonchev–Trinajstić information content (AvgIpc) is 2.17. The summed E-state index contributed by atoms with van der Waals surface area (Å²) in [5, 5.41) is 0. The molecule has 0 radical (unpaired) electrons. The van der Waals surface area contributed by atoms with Crippen LogP contribution >= 0.6 is 0 Å². The van der Waals surface area contributed by atoms with E-state index >= 15 is 0 Å². The number of fused-ring (bicyclic) bond motifs is 1. The molecule has 0 saturated heterocycles. The van der Waals surface area contributed by atoms with Crippen LogP contribution in [0.15, 0.2) is 12.3 Å². The minimum atomic E-state index is 0.738. The Kier molecular flexibility index (Phi) is 2.19. The summed E-state index contributed by atoms with van der Waals surface area (Å²) < 4.78 is 5.55. The fourth-order valence-corrected chi connectivity index (χ4v) is 1.46. The Hall–Kier alpha value is -1.45. The number of rotatable bonds is 1. The first-order valence-electron chi connectivity index (χ1n) is 4.70. The summed E-state index contributed by atoms with van der Waals surface area (Å²) in [6.07, 6.45) is 1.87. The summed E-state index contributed by atoms with van der Waals surface area (Å²) in [5.74, 6) is 1.81. The highest BCUT2D eigenvalue weighted by Crippen LogP contribution is 2.31. The molecule has 0 fully saturated rings. The summed E-state index contributed by atoms with van der Waals surface area (Å²) in [4.78, 5) is 8.51. The predicted octanol–water partition coefficient (Wildman–Crippen LogP) is 0.976. The van der Waals surface area contributed by atoms with Gasteiger partial charge in [0.25, 0.3) is 0 Å². The largest absolute Gasteiger partial charge is 0.488 e. The predicted molar refractivity (Wildman–Crippen MR) is 57.3 cm³/mol. The Labute approximate surface area is 84.1 Å². The van der Waals surface area contributed by atoms with Crippen LogP contribution in [0.3, 0.4) is 0 Å². The van der Waals surface area contributed by atoms with E-state index in [-0.39, 0.29) is 0 Å². The Bertz CT molecular complexity index is 338. The number of pyridine rings is 1. The maximum Gasteiger partial charge on any atom is 0.171 e. The van der Waals surface area contributed by atoms with Crippen LogP contribution in [0, 0.1) is 0 Å². The summed E-state index contributed by atoms with van der Waals surface area (Å²) in [6.45, 7) is 1.64. The van der Waals surface area contributed by atoms with Gasteiger partial charge in [-0.3, -0.25) is 0 Å². The van der Waals surface area contributed by atoms with Crippen molar-refractivity contribution >= 4 is 11.5 Å². The number of aromatic nitrogens is 1. The quantitative estimate of drug-likeness (QED) is 0.664. The second-order valence-corrected chi connectivity index (χ2v) is 3.68. The SMILES string of the molecule is CN(C)c1cnc2c(c1)OCCN2C.